The van der Waals surface area contributed by atoms with E-state index in [1.807, 2.05) is 0 Å². The minimum Gasteiger partial charge on any atom is -0.324 e. The van der Waals surface area contributed by atoms with Crippen LogP contribution in [0.5, 0.6) is 0 Å². The third kappa shape index (κ3) is 4.74. The van der Waals surface area contributed by atoms with E-state index in [-0.39, 0.29) is 4.21 Å². The summed E-state index contributed by atoms with van der Waals surface area (Å²) < 4.78 is 38.1. The molecule has 0 aliphatic rings. The van der Waals surface area contributed by atoms with Crippen molar-refractivity contribution in [3.63, 3.8) is 0 Å². The van der Waals surface area contributed by atoms with Crippen LogP contribution in [0.4, 0.5) is 0 Å². The topological polar surface area (TPSA) is 104 Å². The standard InChI is InChI=1S/C12H14NO5PS2/c14-19(15,16)9-11(10-5-2-1-3-6-10)13-21(17,18)12-7-4-8-20-12/h1-8,11,13H,9H2,(H2,14,15,16). The van der Waals surface area contributed by atoms with Crippen LogP contribution in [0.2, 0.25) is 0 Å². The van der Waals surface area contributed by atoms with Crippen molar-refractivity contribution in [2.45, 2.75) is 10.3 Å². The molecule has 1 aromatic carbocycles. The van der Waals surface area contributed by atoms with Gasteiger partial charge < -0.3 is 9.79 Å². The van der Waals surface area contributed by atoms with Crippen molar-refractivity contribution in [3.8, 4) is 0 Å². The van der Waals surface area contributed by atoms with E-state index in [0.29, 0.717) is 5.56 Å². The van der Waals surface area contributed by atoms with Crippen molar-refractivity contribution >= 4 is 29.0 Å². The van der Waals surface area contributed by atoms with Gasteiger partial charge in [0.15, 0.2) is 0 Å². The molecule has 0 aliphatic heterocycles. The fourth-order valence-corrected chi connectivity index (χ4v) is 4.93. The first kappa shape index (κ1) is 16.4. The minimum absolute atomic E-state index is 0.106. The lowest BCUT2D eigenvalue weighted by atomic mass is 10.1. The zero-order chi connectivity index (χ0) is 15.5. The molecule has 0 radical (unpaired) electrons. The molecular formula is C12H14NO5PS2. The molecule has 114 valence electrons. The molecule has 0 saturated heterocycles. The predicted molar refractivity (Wildman–Crippen MR) is 80.7 cm³/mol. The fraction of sp³-hybridized carbons (Fsp3) is 0.167. The van der Waals surface area contributed by atoms with Crippen molar-refractivity contribution in [3.05, 3.63) is 53.4 Å². The van der Waals surface area contributed by atoms with Gasteiger partial charge in [0.05, 0.1) is 12.2 Å². The average molecular weight is 347 g/mol. The molecule has 2 aromatic rings. The maximum absolute atomic E-state index is 12.2. The number of hydrogen-bond acceptors (Lipinski definition) is 4. The third-order valence-corrected chi connectivity index (χ3v) is 6.39. The molecule has 21 heavy (non-hydrogen) atoms. The second kappa shape index (κ2) is 6.39. The van der Waals surface area contributed by atoms with Crippen LogP contribution in [0, 0.1) is 0 Å². The number of rotatable bonds is 6. The Bertz CT molecular complexity index is 724. The first-order chi connectivity index (χ1) is 9.78. The summed E-state index contributed by atoms with van der Waals surface area (Å²) in [4.78, 5) is 18.3. The highest BCUT2D eigenvalue weighted by molar-refractivity contribution is 7.91. The van der Waals surface area contributed by atoms with E-state index in [4.69, 9.17) is 9.79 Å². The van der Waals surface area contributed by atoms with Gasteiger partial charge in [-0.2, -0.15) is 0 Å². The van der Waals surface area contributed by atoms with E-state index in [1.54, 1.807) is 41.8 Å². The largest absolute Gasteiger partial charge is 0.327 e. The Labute approximate surface area is 126 Å². The van der Waals surface area contributed by atoms with E-state index < -0.39 is 29.8 Å². The maximum atomic E-state index is 12.2. The normalized spacial score (nSPS) is 14.0. The SMILES string of the molecule is O=P(O)(O)CC(NS(=O)(=O)c1cccs1)c1ccccc1. The lowest BCUT2D eigenvalue weighted by Crippen LogP contribution is -2.30. The number of nitrogens with one attached hydrogen (secondary N) is 1. The molecule has 2 rings (SSSR count). The first-order valence-electron chi connectivity index (χ1n) is 5.93. The monoisotopic (exact) mass is 347 g/mol. The van der Waals surface area contributed by atoms with Gasteiger partial charge in [-0.15, -0.1) is 11.3 Å². The highest BCUT2D eigenvalue weighted by atomic mass is 32.2. The quantitative estimate of drug-likeness (QED) is 0.693. The minimum atomic E-state index is -4.37. The summed E-state index contributed by atoms with van der Waals surface area (Å²) in [6.07, 6.45) is -0.596. The Kier molecular flexibility index (Phi) is 4.98. The maximum Gasteiger partial charge on any atom is 0.327 e. The summed E-state index contributed by atoms with van der Waals surface area (Å²) in [5, 5.41) is 1.62. The lowest BCUT2D eigenvalue weighted by Gasteiger charge is -2.19. The Morgan fingerprint density at radius 3 is 2.33 bits per heavy atom. The molecule has 0 bridgehead atoms. The van der Waals surface area contributed by atoms with Crippen LogP contribution in [0.3, 0.4) is 0 Å². The second-order valence-corrected chi connectivity index (χ2v) is 8.95. The van der Waals surface area contributed by atoms with Crippen LogP contribution in [-0.4, -0.2) is 24.4 Å². The summed E-state index contributed by atoms with van der Waals surface area (Å²) in [5.41, 5.74) is 0.501. The highest BCUT2D eigenvalue weighted by Crippen LogP contribution is 2.39. The Hall–Kier alpha value is -1.02. The van der Waals surface area contributed by atoms with Gasteiger partial charge in [-0.25, -0.2) is 13.1 Å². The number of hydrogen-bond donors (Lipinski definition) is 3. The molecular weight excluding hydrogens is 333 g/mol. The van der Waals surface area contributed by atoms with Crippen LogP contribution < -0.4 is 4.72 Å². The second-order valence-electron chi connectivity index (χ2n) is 4.36. The van der Waals surface area contributed by atoms with E-state index in [9.17, 15) is 13.0 Å². The third-order valence-electron chi connectivity index (χ3n) is 2.68. The molecule has 0 saturated carbocycles. The first-order valence-corrected chi connectivity index (χ1v) is 10.1. The summed E-state index contributed by atoms with van der Waals surface area (Å²) in [6.45, 7) is 0. The van der Waals surface area contributed by atoms with Crippen molar-refractivity contribution in [2.75, 3.05) is 6.16 Å². The predicted octanol–water partition coefficient (Wildman–Crippen LogP) is 1.95. The van der Waals surface area contributed by atoms with Crippen LogP contribution in [0.15, 0.2) is 52.1 Å². The molecule has 0 amide bonds. The van der Waals surface area contributed by atoms with Crippen LogP contribution >= 0.6 is 18.9 Å². The van der Waals surface area contributed by atoms with Crippen molar-refractivity contribution in [1.82, 2.24) is 4.72 Å². The van der Waals surface area contributed by atoms with Crippen LogP contribution in [-0.2, 0) is 14.6 Å². The van der Waals surface area contributed by atoms with Gasteiger partial charge in [-0.3, -0.25) is 4.57 Å². The molecule has 6 nitrogen and oxygen atoms in total. The van der Waals surface area contributed by atoms with Crippen molar-refractivity contribution in [1.29, 1.82) is 0 Å². The number of benzene rings is 1. The van der Waals surface area contributed by atoms with Gasteiger partial charge >= 0.3 is 7.60 Å². The van der Waals surface area contributed by atoms with Gasteiger partial charge in [0.1, 0.15) is 4.21 Å². The lowest BCUT2D eigenvalue weighted by molar-refractivity contribution is 0.367. The molecule has 0 fully saturated rings. The Balaban J connectivity index is 2.31. The fourth-order valence-electron chi connectivity index (χ4n) is 1.80. The molecule has 0 spiro atoms. The van der Waals surface area contributed by atoms with Crippen molar-refractivity contribution < 1.29 is 22.8 Å². The summed E-state index contributed by atoms with van der Waals surface area (Å²) >= 11 is 1.04. The summed E-state index contributed by atoms with van der Waals surface area (Å²) in [6, 6.07) is 10.4. The van der Waals surface area contributed by atoms with Crippen LogP contribution in [0.25, 0.3) is 0 Å². The molecule has 1 heterocycles. The highest BCUT2D eigenvalue weighted by Gasteiger charge is 2.28. The molecule has 1 aromatic heterocycles. The molecule has 0 aliphatic carbocycles. The van der Waals surface area contributed by atoms with E-state index in [1.165, 1.54) is 6.07 Å². The summed E-state index contributed by atoms with van der Waals surface area (Å²) in [5.74, 6) is 0. The Morgan fingerprint density at radius 2 is 1.81 bits per heavy atom. The summed E-state index contributed by atoms with van der Waals surface area (Å²) in [7, 11) is -8.19. The number of sulfonamides is 1. The Morgan fingerprint density at radius 1 is 1.14 bits per heavy atom. The average Bonchev–Trinajstić information content (AvgIpc) is 2.92. The van der Waals surface area contributed by atoms with E-state index in [0.717, 1.165) is 11.3 Å². The molecule has 1 unspecified atom stereocenters. The smallest absolute Gasteiger partial charge is 0.324 e. The zero-order valence-corrected chi connectivity index (χ0v) is 13.3. The van der Waals surface area contributed by atoms with Gasteiger partial charge in [0.2, 0.25) is 0 Å². The van der Waals surface area contributed by atoms with Gasteiger partial charge in [-0.1, -0.05) is 36.4 Å². The zero-order valence-electron chi connectivity index (χ0n) is 10.8. The molecule has 1 atom stereocenters. The number of thiophene rings is 1. The van der Waals surface area contributed by atoms with Crippen molar-refractivity contribution in [2.24, 2.45) is 0 Å². The van der Waals surface area contributed by atoms with Crippen LogP contribution in [0.1, 0.15) is 11.6 Å². The van der Waals surface area contributed by atoms with Gasteiger partial charge in [0.25, 0.3) is 10.0 Å². The molecule has 3 N–H and O–H groups in total. The van der Waals surface area contributed by atoms with Gasteiger partial charge in [-0.05, 0) is 17.0 Å². The van der Waals surface area contributed by atoms with Gasteiger partial charge in [0, 0.05) is 0 Å². The molecule has 9 heteroatoms. The van der Waals surface area contributed by atoms with E-state index in [2.05, 4.69) is 4.72 Å². The van der Waals surface area contributed by atoms with E-state index >= 15 is 0 Å².